The maximum absolute atomic E-state index is 5.86. The summed E-state index contributed by atoms with van der Waals surface area (Å²) in [4.78, 5) is 8.90. The zero-order valence-electron chi connectivity index (χ0n) is 13.6. The molecule has 0 saturated carbocycles. The van der Waals surface area contributed by atoms with Crippen LogP contribution in [0.1, 0.15) is 5.56 Å². The molecule has 0 aliphatic rings. The van der Waals surface area contributed by atoms with Gasteiger partial charge in [0.15, 0.2) is 0 Å². The number of hydrogen-bond acceptors (Lipinski definition) is 3. The molecule has 0 bridgehead atoms. The molecule has 0 spiro atoms. The number of aromatic nitrogens is 2. The highest BCUT2D eigenvalue weighted by Gasteiger charge is 2.08. The van der Waals surface area contributed by atoms with Gasteiger partial charge in [0.2, 0.25) is 0 Å². The van der Waals surface area contributed by atoms with Crippen molar-refractivity contribution in [3.05, 3.63) is 83.0 Å². The lowest BCUT2D eigenvalue weighted by Gasteiger charge is -2.05. The first-order valence-corrected chi connectivity index (χ1v) is 9.20. The number of aryl methyl sites for hydroxylation is 1. The van der Waals surface area contributed by atoms with Crippen molar-refractivity contribution in [2.45, 2.75) is 6.92 Å². The second-order valence-electron chi connectivity index (χ2n) is 5.86. The van der Waals surface area contributed by atoms with E-state index in [2.05, 4.69) is 65.8 Å². The molecule has 0 atom stereocenters. The Morgan fingerprint density at radius 3 is 2.36 bits per heavy atom. The second kappa shape index (κ2) is 6.79. The van der Waals surface area contributed by atoms with Crippen LogP contribution in [0.15, 0.2) is 72.2 Å². The molecule has 0 radical (unpaired) electrons. The number of pyridine rings is 1. The number of hydrogen-bond donors (Lipinski definition) is 0. The third kappa shape index (κ3) is 3.48. The fourth-order valence-corrected chi connectivity index (χ4v) is 3.66. The quantitative estimate of drug-likeness (QED) is 0.389. The van der Waals surface area contributed by atoms with Gasteiger partial charge in [-0.1, -0.05) is 59.6 Å². The minimum atomic E-state index is 0.492. The molecule has 0 unspecified atom stereocenters. The molecular formula is C21H15ClN2S. The smallest absolute Gasteiger partial charge is 0.129 e. The molecule has 2 aromatic heterocycles. The van der Waals surface area contributed by atoms with Crippen molar-refractivity contribution >= 4 is 22.9 Å². The molecule has 4 heteroatoms. The summed E-state index contributed by atoms with van der Waals surface area (Å²) in [6.45, 7) is 2.11. The van der Waals surface area contributed by atoms with Gasteiger partial charge in [-0.15, -0.1) is 11.3 Å². The highest BCUT2D eigenvalue weighted by Crippen LogP contribution is 2.31. The van der Waals surface area contributed by atoms with Crippen LogP contribution in [-0.4, -0.2) is 9.97 Å². The summed E-state index contributed by atoms with van der Waals surface area (Å²) in [5.74, 6) is 0. The fourth-order valence-electron chi connectivity index (χ4n) is 2.72. The standard InChI is InChI=1S/C21H15ClN2S/c1-14-4-2-5-15(10-14)16-6-3-7-17(11-16)19-13-25-21(24-19)18-8-9-20(22)23-12-18/h2-13H,1H3. The van der Waals surface area contributed by atoms with Crippen LogP contribution in [0.5, 0.6) is 0 Å². The van der Waals surface area contributed by atoms with E-state index in [-0.39, 0.29) is 0 Å². The molecule has 0 fully saturated rings. The highest BCUT2D eigenvalue weighted by molar-refractivity contribution is 7.13. The average molecular weight is 363 g/mol. The van der Waals surface area contributed by atoms with Gasteiger partial charge in [-0.2, -0.15) is 0 Å². The Balaban J connectivity index is 1.69. The Hall–Kier alpha value is -2.49. The normalized spacial score (nSPS) is 10.8. The summed E-state index contributed by atoms with van der Waals surface area (Å²) in [5, 5.41) is 3.52. The van der Waals surface area contributed by atoms with E-state index < -0.39 is 0 Å². The fraction of sp³-hybridized carbons (Fsp3) is 0.0476. The van der Waals surface area contributed by atoms with E-state index in [1.165, 1.54) is 16.7 Å². The van der Waals surface area contributed by atoms with Crippen LogP contribution < -0.4 is 0 Å². The number of nitrogens with zero attached hydrogens (tertiary/aromatic N) is 2. The van der Waals surface area contributed by atoms with Crippen molar-refractivity contribution in [3.63, 3.8) is 0 Å². The summed E-state index contributed by atoms with van der Waals surface area (Å²) in [7, 11) is 0. The lowest BCUT2D eigenvalue weighted by atomic mass is 10.0. The number of halogens is 1. The van der Waals surface area contributed by atoms with Crippen LogP contribution in [0.4, 0.5) is 0 Å². The Kier molecular flexibility index (Phi) is 4.35. The van der Waals surface area contributed by atoms with Gasteiger partial charge in [-0.05, 0) is 36.2 Å². The molecular weight excluding hydrogens is 348 g/mol. The molecule has 2 nitrogen and oxygen atoms in total. The molecule has 4 rings (SSSR count). The number of benzene rings is 2. The third-order valence-corrected chi connectivity index (χ3v) is 5.10. The van der Waals surface area contributed by atoms with Crippen LogP contribution in [0, 0.1) is 6.92 Å². The van der Waals surface area contributed by atoms with E-state index in [0.29, 0.717) is 5.15 Å². The predicted molar refractivity (Wildman–Crippen MR) is 106 cm³/mol. The second-order valence-corrected chi connectivity index (χ2v) is 7.10. The Morgan fingerprint density at radius 1 is 0.840 bits per heavy atom. The monoisotopic (exact) mass is 362 g/mol. The predicted octanol–water partition coefficient (Wildman–Crippen LogP) is 6.50. The first kappa shape index (κ1) is 16.0. The van der Waals surface area contributed by atoms with Crippen LogP contribution in [0.3, 0.4) is 0 Å². The molecule has 122 valence electrons. The Labute approximate surface area is 155 Å². The van der Waals surface area contributed by atoms with Crippen LogP contribution in [0.25, 0.3) is 33.0 Å². The summed E-state index contributed by atoms with van der Waals surface area (Å²) in [6, 6.07) is 20.8. The van der Waals surface area contributed by atoms with E-state index in [0.717, 1.165) is 21.8 Å². The van der Waals surface area contributed by atoms with Crippen molar-refractivity contribution in [2.24, 2.45) is 0 Å². The van der Waals surface area contributed by atoms with Gasteiger partial charge in [-0.3, -0.25) is 0 Å². The molecule has 4 aromatic rings. The molecule has 0 aliphatic carbocycles. The van der Waals surface area contributed by atoms with Gasteiger partial charge in [-0.25, -0.2) is 9.97 Å². The van der Waals surface area contributed by atoms with E-state index in [4.69, 9.17) is 16.6 Å². The lowest BCUT2D eigenvalue weighted by Crippen LogP contribution is -1.83. The Morgan fingerprint density at radius 2 is 1.60 bits per heavy atom. The van der Waals surface area contributed by atoms with Crippen molar-refractivity contribution < 1.29 is 0 Å². The highest BCUT2D eigenvalue weighted by atomic mass is 35.5. The molecule has 25 heavy (non-hydrogen) atoms. The largest absolute Gasteiger partial charge is 0.244 e. The number of rotatable bonds is 3. The van der Waals surface area contributed by atoms with Crippen molar-refractivity contribution in [1.82, 2.24) is 9.97 Å². The zero-order valence-corrected chi connectivity index (χ0v) is 15.2. The van der Waals surface area contributed by atoms with Gasteiger partial charge in [0.25, 0.3) is 0 Å². The summed E-state index contributed by atoms with van der Waals surface area (Å²) in [5.41, 5.74) is 6.75. The molecule has 0 saturated heterocycles. The number of thiazole rings is 1. The third-order valence-electron chi connectivity index (χ3n) is 3.99. The van der Waals surface area contributed by atoms with E-state index in [9.17, 15) is 0 Å². The minimum absolute atomic E-state index is 0.492. The summed E-state index contributed by atoms with van der Waals surface area (Å²) >= 11 is 7.47. The first-order valence-electron chi connectivity index (χ1n) is 7.94. The van der Waals surface area contributed by atoms with Gasteiger partial charge in [0.05, 0.1) is 5.69 Å². The molecule has 2 aromatic carbocycles. The lowest BCUT2D eigenvalue weighted by molar-refractivity contribution is 1.31. The van der Waals surface area contributed by atoms with Crippen LogP contribution in [0.2, 0.25) is 5.15 Å². The van der Waals surface area contributed by atoms with Crippen LogP contribution in [-0.2, 0) is 0 Å². The summed E-state index contributed by atoms with van der Waals surface area (Å²) < 4.78 is 0. The maximum atomic E-state index is 5.86. The van der Waals surface area contributed by atoms with Crippen LogP contribution >= 0.6 is 22.9 Å². The molecule has 0 amide bonds. The van der Waals surface area contributed by atoms with Crippen molar-refractivity contribution in [3.8, 4) is 33.0 Å². The average Bonchev–Trinajstić information content (AvgIpc) is 3.13. The zero-order chi connectivity index (χ0) is 17.2. The van der Waals surface area contributed by atoms with Gasteiger partial charge >= 0.3 is 0 Å². The van der Waals surface area contributed by atoms with Gasteiger partial charge in [0.1, 0.15) is 10.2 Å². The SMILES string of the molecule is Cc1cccc(-c2cccc(-c3csc(-c4ccc(Cl)nc4)n3)c2)c1. The topological polar surface area (TPSA) is 25.8 Å². The van der Waals surface area contributed by atoms with Crippen molar-refractivity contribution in [2.75, 3.05) is 0 Å². The van der Waals surface area contributed by atoms with Gasteiger partial charge < -0.3 is 0 Å². The molecule has 0 aliphatic heterocycles. The van der Waals surface area contributed by atoms with E-state index >= 15 is 0 Å². The van der Waals surface area contributed by atoms with Gasteiger partial charge in [0, 0.05) is 22.7 Å². The summed E-state index contributed by atoms with van der Waals surface area (Å²) in [6.07, 6.45) is 1.76. The maximum Gasteiger partial charge on any atom is 0.129 e. The Bertz CT molecular complexity index is 1020. The molecule has 0 N–H and O–H groups in total. The van der Waals surface area contributed by atoms with E-state index in [1.807, 2.05) is 6.07 Å². The molecule has 2 heterocycles. The van der Waals surface area contributed by atoms with E-state index in [1.54, 1.807) is 23.6 Å². The van der Waals surface area contributed by atoms with Crippen molar-refractivity contribution in [1.29, 1.82) is 0 Å². The first-order chi connectivity index (χ1) is 12.2. The minimum Gasteiger partial charge on any atom is -0.244 e.